The van der Waals surface area contributed by atoms with Crippen LogP contribution in [0.1, 0.15) is 297 Å². The van der Waals surface area contributed by atoms with Gasteiger partial charge in [0.1, 0.15) is 19.3 Å². The third-order valence-corrected chi connectivity index (χ3v) is 17.9. The van der Waals surface area contributed by atoms with Crippen LogP contribution in [0.4, 0.5) is 0 Å². The van der Waals surface area contributed by atoms with Crippen molar-refractivity contribution in [3.8, 4) is 0 Å². The van der Waals surface area contributed by atoms with Gasteiger partial charge in [0.15, 0.2) is 12.2 Å². The molecule has 0 aromatic heterocycles. The lowest BCUT2D eigenvalue weighted by molar-refractivity contribution is -0.161. The van der Waals surface area contributed by atoms with Gasteiger partial charge in [-0.15, -0.1) is 0 Å². The first kappa shape index (κ1) is 98.7. The minimum Gasteiger partial charge on any atom is -0.462 e. The van der Waals surface area contributed by atoms with E-state index in [4.69, 9.17) is 37.0 Å². The number of carbonyl (C=O) groups excluding carboxylic acids is 4. The Morgan fingerprint density at radius 3 is 0.817 bits per heavy atom. The third-order valence-electron chi connectivity index (χ3n) is 16.0. The van der Waals surface area contributed by atoms with Gasteiger partial charge in [-0.05, 0) is 167 Å². The largest absolute Gasteiger partial charge is 0.472 e. The first-order valence-electron chi connectivity index (χ1n) is 39.7. The fraction of sp³-hybridized carbons (Fsp3) is 0.647. The molecule has 0 bridgehead atoms. The SMILES string of the molecule is CC/C=C\C/C=C\C/C=C\C/C=C\C/C=C\CCCCCC(=O)OCC(COP(=O)(O)OCC(O)COP(=O)(O)OCC(COC(=O)CCCCCCC/C=C\C/C=C\CCCCC)OC(=O)CCCCCCC/C=C\CCCC)OC(=O)CCCCC/C=C\C/C=C\C/C=C\C/C=C\C/C=C\CC. The van der Waals surface area contributed by atoms with Gasteiger partial charge < -0.3 is 33.8 Å². The Labute approximate surface area is 629 Å². The van der Waals surface area contributed by atoms with Crippen LogP contribution < -0.4 is 0 Å². The van der Waals surface area contributed by atoms with Crippen molar-refractivity contribution in [1.82, 2.24) is 0 Å². The summed E-state index contributed by atoms with van der Waals surface area (Å²) in [5.74, 6) is -2.28. The van der Waals surface area contributed by atoms with E-state index in [2.05, 4.69) is 186 Å². The van der Waals surface area contributed by atoms with Gasteiger partial charge in [-0.1, -0.05) is 263 Å². The van der Waals surface area contributed by atoms with Gasteiger partial charge in [-0.25, -0.2) is 9.13 Å². The fourth-order valence-corrected chi connectivity index (χ4v) is 11.5. The number of ether oxygens (including phenoxy) is 4. The minimum atomic E-state index is -5.00. The highest BCUT2D eigenvalue weighted by Crippen LogP contribution is 2.45. The predicted octanol–water partition coefficient (Wildman–Crippen LogP) is 23.2. The van der Waals surface area contributed by atoms with E-state index in [-0.39, 0.29) is 25.7 Å². The summed E-state index contributed by atoms with van der Waals surface area (Å²) in [5, 5.41) is 10.6. The number of phosphoric ester groups is 2. The molecule has 0 saturated heterocycles. The molecule has 0 spiro atoms. The summed E-state index contributed by atoms with van der Waals surface area (Å²) in [6.45, 7) is 4.47. The Bertz CT molecular complexity index is 2590. The highest BCUT2D eigenvalue weighted by molar-refractivity contribution is 7.47. The molecule has 0 saturated carbocycles. The van der Waals surface area contributed by atoms with Crippen LogP contribution >= 0.6 is 15.6 Å². The number of rotatable bonds is 73. The van der Waals surface area contributed by atoms with Crippen molar-refractivity contribution in [3.05, 3.63) is 158 Å². The summed E-state index contributed by atoms with van der Waals surface area (Å²) in [7, 11) is -9.99. The number of aliphatic hydroxyl groups excluding tert-OH is 1. The van der Waals surface area contributed by atoms with Gasteiger partial charge in [-0.3, -0.25) is 37.3 Å². The Morgan fingerprint density at radius 1 is 0.279 bits per heavy atom. The second-order valence-electron chi connectivity index (χ2n) is 25.9. The standard InChI is InChI=1S/C85H140O17P2/c1-5-9-13-17-21-25-29-32-35-37-39-41-44-47-51-54-58-62-66-70-83(88)96-76-81(102-85(90)72-68-64-60-56-52-48-45-42-40-38-36-33-30-26-22-18-14-10-6-2)78-100-104(93,94)98-74-79(86)73-97-103(91,92)99-77-80(101-84(89)71-67-63-59-55-49-28-24-20-16-12-8-4)75-95-82(87)69-65-61-57-53-50-46-43-34-31-27-23-19-15-11-7-3/h9-10,13-14,20-27,32-36,39-43,47-48,51-52,79-81,86H,5-8,11-12,15-19,28-31,37-38,44-46,49-50,53-78H2,1-4H3,(H,91,92)(H,93,94)/b13-9-,14-10-,24-20-,25-21-,26-22-,27-23-,35-32-,36-33-,41-39-,42-40-,43-34-,51-47-,52-48-. The number of hydrogen-bond acceptors (Lipinski definition) is 15. The summed E-state index contributed by atoms with van der Waals surface area (Å²) in [6, 6.07) is 0. The van der Waals surface area contributed by atoms with Crippen molar-refractivity contribution in [3.63, 3.8) is 0 Å². The normalized spacial score (nSPS) is 14.7. The Kier molecular flexibility index (Phi) is 72.0. The van der Waals surface area contributed by atoms with E-state index in [1.807, 2.05) is 0 Å². The van der Waals surface area contributed by atoms with E-state index >= 15 is 0 Å². The Hall–Kier alpha value is -5.32. The maximum absolute atomic E-state index is 13.1. The van der Waals surface area contributed by atoms with Crippen molar-refractivity contribution >= 4 is 39.5 Å². The van der Waals surface area contributed by atoms with Crippen LogP contribution in [0.3, 0.4) is 0 Å². The first-order chi connectivity index (χ1) is 50.7. The Morgan fingerprint density at radius 2 is 0.510 bits per heavy atom. The van der Waals surface area contributed by atoms with Crippen LogP contribution in [0.2, 0.25) is 0 Å². The van der Waals surface area contributed by atoms with Crippen molar-refractivity contribution in [1.29, 1.82) is 0 Å². The maximum atomic E-state index is 13.1. The summed E-state index contributed by atoms with van der Waals surface area (Å²) in [4.78, 5) is 73.0. The van der Waals surface area contributed by atoms with Gasteiger partial charge in [-0.2, -0.15) is 0 Å². The number of carbonyl (C=O) groups is 4. The number of aliphatic hydroxyl groups is 1. The molecule has 19 heteroatoms. The molecule has 0 rings (SSSR count). The molecule has 5 atom stereocenters. The highest BCUT2D eigenvalue weighted by atomic mass is 31.2. The lowest BCUT2D eigenvalue weighted by atomic mass is 10.1. The molecule has 0 aromatic rings. The van der Waals surface area contributed by atoms with E-state index in [1.54, 1.807) is 0 Å². The number of unbranched alkanes of at least 4 members (excludes halogenated alkanes) is 21. The van der Waals surface area contributed by atoms with E-state index in [0.717, 1.165) is 186 Å². The van der Waals surface area contributed by atoms with E-state index in [0.29, 0.717) is 25.7 Å². The Balaban J connectivity index is 5.44. The zero-order valence-corrected chi connectivity index (χ0v) is 66.4. The third kappa shape index (κ3) is 74.9. The second kappa shape index (κ2) is 75.9. The van der Waals surface area contributed by atoms with E-state index in [9.17, 15) is 43.2 Å². The van der Waals surface area contributed by atoms with Crippen molar-refractivity contribution in [2.45, 2.75) is 316 Å². The number of allylic oxidation sites excluding steroid dienone is 26. The van der Waals surface area contributed by atoms with Gasteiger partial charge in [0.05, 0.1) is 26.4 Å². The van der Waals surface area contributed by atoms with E-state index in [1.165, 1.54) is 32.1 Å². The average molecular weight is 1500 g/mol. The molecule has 0 radical (unpaired) electrons. The van der Waals surface area contributed by atoms with Gasteiger partial charge in [0, 0.05) is 25.7 Å². The van der Waals surface area contributed by atoms with Gasteiger partial charge >= 0.3 is 39.5 Å². The number of hydrogen-bond donors (Lipinski definition) is 3. The molecule has 104 heavy (non-hydrogen) atoms. The van der Waals surface area contributed by atoms with Crippen LogP contribution in [0.5, 0.6) is 0 Å². The molecule has 0 fully saturated rings. The fourth-order valence-electron chi connectivity index (χ4n) is 9.93. The molecule has 17 nitrogen and oxygen atoms in total. The van der Waals surface area contributed by atoms with Crippen molar-refractivity contribution in [2.75, 3.05) is 39.6 Å². The molecular weight excluding hydrogens is 1350 g/mol. The molecule has 0 aliphatic carbocycles. The molecule has 5 unspecified atom stereocenters. The van der Waals surface area contributed by atoms with Crippen molar-refractivity contribution < 1.29 is 80.2 Å². The topological polar surface area (TPSA) is 237 Å². The number of esters is 4. The highest BCUT2D eigenvalue weighted by Gasteiger charge is 2.30. The van der Waals surface area contributed by atoms with E-state index < -0.39 is 97.5 Å². The smallest absolute Gasteiger partial charge is 0.462 e. The average Bonchev–Trinajstić information content (AvgIpc) is 0.928. The van der Waals surface area contributed by atoms with Crippen LogP contribution in [-0.2, 0) is 65.4 Å². The van der Waals surface area contributed by atoms with Gasteiger partial charge in [0.2, 0.25) is 0 Å². The first-order valence-corrected chi connectivity index (χ1v) is 42.7. The summed E-state index contributed by atoms with van der Waals surface area (Å²) < 4.78 is 68.5. The molecule has 0 amide bonds. The maximum Gasteiger partial charge on any atom is 0.472 e. The van der Waals surface area contributed by atoms with Crippen LogP contribution in [-0.4, -0.2) is 96.7 Å². The molecule has 0 aliphatic heterocycles. The monoisotopic (exact) mass is 1490 g/mol. The molecule has 0 aromatic carbocycles. The summed E-state index contributed by atoms with van der Waals surface area (Å²) in [5.41, 5.74) is 0. The molecule has 0 aliphatic rings. The minimum absolute atomic E-state index is 0.0421. The molecule has 0 heterocycles. The number of phosphoric acid groups is 2. The van der Waals surface area contributed by atoms with Crippen LogP contribution in [0.15, 0.2) is 158 Å². The lowest BCUT2D eigenvalue weighted by Gasteiger charge is -2.21. The van der Waals surface area contributed by atoms with Gasteiger partial charge in [0.25, 0.3) is 0 Å². The molecule has 592 valence electrons. The summed E-state index contributed by atoms with van der Waals surface area (Å²) >= 11 is 0. The van der Waals surface area contributed by atoms with Crippen LogP contribution in [0, 0.1) is 0 Å². The van der Waals surface area contributed by atoms with Crippen LogP contribution in [0.25, 0.3) is 0 Å². The predicted molar refractivity (Wildman–Crippen MR) is 427 cm³/mol. The second-order valence-corrected chi connectivity index (χ2v) is 28.8. The van der Waals surface area contributed by atoms with Crippen molar-refractivity contribution in [2.24, 2.45) is 0 Å². The lowest BCUT2D eigenvalue weighted by Crippen LogP contribution is -2.30. The molecule has 3 N–H and O–H groups in total. The summed E-state index contributed by atoms with van der Waals surface area (Å²) in [6.07, 6.45) is 88.0. The quantitative estimate of drug-likeness (QED) is 0.0169. The molecular formula is C85H140O17P2. The zero-order valence-electron chi connectivity index (χ0n) is 64.6. The zero-order chi connectivity index (χ0) is 76.0.